The first-order chi connectivity index (χ1) is 15.6. The van der Waals surface area contributed by atoms with Gasteiger partial charge in [-0.05, 0) is 24.5 Å². The van der Waals surface area contributed by atoms with Crippen molar-refractivity contribution in [2.45, 2.75) is 38.4 Å². The van der Waals surface area contributed by atoms with E-state index in [1.54, 1.807) is 38.1 Å². The van der Waals surface area contributed by atoms with Crippen LogP contribution in [0.2, 0.25) is 0 Å². The predicted octanol–water partition coefficient (Wildman–Crippen LogP) is 2.76. The van der Waals surface area contributed by atoms with E-state index in [1.807, 2.05) is 0 Å². The maximum Gasteiger partial charge on any atom is 0.411 e. The van der Waals surface area contributed by atoms with Gasteiger partial charge in [-0.2, -0.15) is 4.39 Å². The number of alkyl halides is 1. The molecule has 0 radical (unpaired) electrons. The molecule has 2 aromatic rings. The molecule has 0 unspecified atom stereocenters. The summed E-state index contributed by atoms with van der Waals surface area (Å²) >= 11 is 0. The number of nitrogens with zero attached hydrogens (tertiary/aromatic N) is 2. The van der Waals surface area contributed by atoms with Gasteiger partial charge in [-0.15, -0.1) is 0 Å². The lowest BCUT2D eigenvalue weighted by atomic mass is 9.91. The first kappa shape index (κ1) is 24.4. The molecule has 1 fully saturated rings. The summed E-state index contributed by atoms with van der Waals surface area (Å²) in [7, 11) is 1.41. The van der Waals surface area contributed by atoms with E-state index >= 15 is 0 Å². The molecule has 3 N–H and O–H groups in total. The molecule has 3 rings (SSSR count). The third kappa shape index (κ3) is 5.22. The second-order valence-corrected chi connectivity index (χ2v) is 8.10. The van der Waals surface area contributed by atoms with Crippen molar-refractivity contribution < 1.29 is 23.1 Å². The van der Waals surface area contributed by atoms with Crippen molar-refractivity contribution >= 4 is 17.7 Å². The number of rotatable bonds is 6. The highest BCUT2D eigenvalue weighted by atomic mass is 19.1. The first-order valence-corrected chi connectivity index (χ1v) is 10.8. The second-order valence-electron chi connectivity index (χ2n) is 8.10. The number of amides is 2. The molecule has 0 spiro atoms. The molecule has 1 aromatic heterocycles. The fourth-order valence-corrected chi connectivity index (χ4v) is 3.82. The Kier molecular flexibility index (Phi) is 7.47. The molecule has 1 aliphatic rings. The number of aromatic nitrogens is 1. The van der Waals surface area contributed by atoms with Crippen LogP contribution in [-0.2, 0) is 16.6 Å². The molecule has 2 heterocycles. The van der Waals surface area contributed by atoms with Crippen LogP contribution >= 0.6 is 0 Å². The van der Waals surface area contributed by atoms with Gasteiger partial charge in [0.25, 0.3) is 5.56 Å². The van der Waals surface area contributed by atoms with Crippen molar-refractivity contribution in [1.82, 2.24) is 9.47 Å². The molecule has 33 heavy (non-hydrogen) atoms. The van der Waals surface area contributed by atoms with Gasteiger partial charge in [0, 0.05) is 31.3 Å². The fraction of sp³-hybridized carbons (Fsp3) is 0.435. The molecule has 0 aliphatic carbocycles. The number of anilines is 1. The van der Waals surface area contributed by atoms with Crippen LogP contribution in [-0.4, -0.2) is 53.4 Å². The number of likely N-dealkylation sites (tertiary alicyclic amines) is 1. The third-order valence-electron chi connectivity index (χ3n) is 5.84. The predicted molar refractivity (Wildman–Crippen MR) is 120 cm³/mol. The Morgan fingerprint density at radius 3 is 2.55 bits per heavy atom. The minimum absolute atomic E-state index is 0.0622. The van der Waals surface area contributed by atoms with E-state index in [1.165, 1.54) is 18.1 Å². The Hall–Kier alpha value is -3.27. The van der Waals surface area contributed by atoms with Crippen LogP contribution in [0.4, 0.5) is 19.3 Å². The van der Waals surface area contributed by atoms with Crippen LogP contribution < -0.4 is 16.6 Å². The van der Waals surface area contributed by atoms with Crippen LogP contribution in [0, 0.1) is 5.82 Å². The number of carbonyl (C=O) groups is 2. The third-order valence-corrected chi connectivity index (χ3v) is 5.84. The van der Waals surface area contributed by atoms with Crippen molar-refractivity contribution in [2.75, 3.05) is 25.0 Å². The van der Waals surface area contributed by atoms with Crippen LogP contribution in [0.15, 0.2) is 35.3 Å². The highest BCUT2D eigenvalue weighted by Crippen LogP contribution is 2.31. The average Bonchev–Trinajstić information content (AvgIpc) is 3.24. The van der Waals surface area contributed by atoms with Gasteiger partial charge < -0.3 is 19.9 Å². The monoisotopic (exact) mass is 462 g/mol. The molecule has 178 valence electrons. The molecule has 10 heteroatoms. The molecular formula is C23H28F2N4O4. The summed E-state index contributed by atoms with van der Waals surface area (Å²) < 4.78 is 34.0. The maximum atomic E-state index is 14.7. The minimum atomic E-state index is -1.11. The fourth-order valence-electron chi connectivity index (χ4n) is 3.82. The first-order valence-electron chi connectivity index (χ1n) is 10.8. The summed E-state index contributed by atoms with van der Waals surface area (Å²) in [6.45, 7) is 3.92. The zero-order valence-electron chi connectivity index (χ0n) is 18.8. The van der Waals surface area contributed by atoms with Gasteiger partial charge in [-0.3, -0.25) is 14.9 Å². The van der Waals surface area contributed by atoms with Crippen molar-refractivity contribution in [3.63, 3.8) is 0 Å². The van der Waals surface area contributed by atoms with E-state index in [9.17, 15) is 23.2 Å². The number of halogens is 2. The summed E-state index contributed by atoms with van der Waals surface area (Å²) in [6.07, 6.45) is -0.158. The van der Waals surface area contributed by atoms with E-state index in [-0.39, 0.29) is 36.2 Å². The van der Waals surface area contributed by atoms with E-state index < -0.39 is 29.7 Å². The van der Waals surface area contributed by atoms with Crippen LogP contribution in [0.25, 0.3) is 11.1 Å². The Bertz CT molecular complexity index is 1090. The largest absolute Gasteiger partial charge is 0.450 e. The molecule has 1 aliphatic heterocycles. The SMILES string of the molecule is CCOC(=O)Nc1c(-c2ccc([C@H](C)[C@H](N)C(=O)N3CC[C@H](F)C3)cc2)cn(C)c(=O)c1F. The molecular weight excluding hydrogens is 434 g/mol. The van der Waals surface area contributed by atoms with E-state index in [4.69, 9.17) is 10.5 Å². The maximum absolute atomic E-state index is 14.7. The van der Waals surface area contributed by atoms with Gasteiger partial charge in [0.2, 0.25) is 11.7 Å². The molecule has 3 atom stereocenters. The second kappa shape index (κ2) is 10.1. The number of pyridine rings is 1. The summed E-state index contributed by atoms with van der Waals surface area (Å²) in [5.74, 6) is -1.75. The number of ether oxygens (including phenoxy) is 1. The van der Waals surface area contributed by atoms with Crippen LogP contribution in [0.3, 0.4) is 0 Å². The molecule has 8 nitrogen and oxygen atoms in total. The number of carbonyl (C=O) groups excluding carboxylic acids is 2. The summed E-state index contributed by atoms with van der Waals surface area (Å²) in [5, 5.41) is 2.30. The van der Waals surface area contributed by atoms with Gasteiger partial charge in [-0.1, -0.05) is 31.2 Å². The van der Waals surface area contributed by atoms with Crippen LogP contribution in [0.5, 0.6) is 0 Å². The van der Waals surface area contributed by atoms with Gasteiger partial charge in [0.15, 0.2) is 0 Å². The Balaban J connectivity index is 1.87. The summed E-state index contributed by atoms with van der Waals surface area (Å²) in [4.78, 5) is 38.0. The zero-order valence-corrected chi connectivity index (χ0v) is 18.8. The summed E-state index contributed by atoms with van der Waals surface area (Å²) in [5.41, 5.74) is 6.58. The number of nitrogens with two attached hydrogens (primary N) is 1. The van der Waals surface area contributed by atoms with Crippen molar-refractivity contribution in [3.8, 4) is 11.1 Å². The lowest BCUT2D eigenvalue weighted by molar-refractivity contribution is -0.132. The zero-order chi connectivity index (χ0) is 24.3. The molecule has 2 amide bonds. The number of hydrogen-bond donors (Lipinski definition) is 2. The van der Waals surface area contributed by atoms with Crippen molar-refractivity contribution in [3.05, 3.63) is 52.2 Å². The van der Waals surface area contributed by atoms with E-state index in [0.29, 0.717) is 18.5 Å². The lowest BCUT2D eigenvalue weighted by Gasteiger charge is -2.25. The summed E-state index contributed by atoms with van der Waals surface area (Å²) in [6, 6.07) is 6.02. The van der Waals surface area contributed by atoms with Gasteiger partial charge >= 0.3 is 6.09 Å². The average molecular weight is 462 g/mol. The smallest absolute Gasteiger partial charge is 0.411 e. The highest BCUT2D eigenvalue weighted by Gasteiger charge is 2.32. The Morgan fingerprint density at radius 1 is 1.30 bits per heavy atom. The number of aryl methyl sites for hydroxylation is 1. The Morgan fingerprint density at radius 2 is 1.97 bits per heavy atom. The normalized spacial score (nSPS) is 17.5. The van der Waals surface area contributed by atoms with E-state index in [0.717, 1.165) is 10.1 Å². The van der Waals surface area contributed by atoms with Crippen LogP contribution in [0.1, 0.15) is 31.7 Å². The lowest BCUT2D eigenvalue weighted by Crippen LogP contribution is -2.45. The topological polar surface area (TPSA) is 107 Å². The molecule has 1 aromatic carbocycles. The Labute approximate surface area is 190 Å². The number of nitrogens with one attached hydrogen (secondary N) is 1. The van der Waals surface area contributed by atoms with Crippen molar-refractivity contribution in [2.24, 2.45) is 12.8 Å². The number of benzene rings is 1. The molecule has 1 saturated heterocycles. The van der Waals surface area contributed by atoms with E-state index in [2.05, 4.69) is 5.32 Å². The minimum Gasteiger partial charge on any atom is -0.450 e. The standard InChI is InChI=1S/C23H28F2N4O4/c1-4-33-23(32)27-20-17(12-28(3)21(30)18(20)25)15-7-5-14(6-8-15)13(2)19(26)22(31)29-10-9-16(24)11-29/h5-8,12-13,16,19H,4,9-11,26H2,1-3H3,(H,27,32)/t13-,16-,19-/m0/s1. The van der Waals surface area contributed by atoms with Crippen molar-refractivity contribution in [1.29, 1.82) is 0 Å². The highest BCUT2D eigenvalue weighted by molar-refractivity contribution is 5.91. The molecule has 0 saturated carbocycles. The van der Waals surface area contributed by atoms with Gasteiger partial charge in [0.05, 0.1) is 24.9 Å². The molecule has 0 bridgehead atoms. The number of hydrogen-bond acceptors (Lipinski definition) is 5. The van der Waals surface area contributed by atoms with Gasteiger partial charge in [0.1, 0.15) is 6.17 Å². The van der Waals surface area contributed by atoms with Gasteiger partial charge in [-0.25, -0.2) is 9.18 Å². The quantitative estimate of drug-likeness (QED) is 0.687.